The molecule has 0 aliphatic carbocycles. The summed E-state index contributed by atoms with van der Waals surface area (Å²) < 4.78 is 6.20. The molecule has 2 aromatic rings. The Morgan fingerprint density at radius 3 is 3.00 bits per heavy atom. The van der Waals surface area contributed by atoms with E-state index in [0.717, 1.165) is 19.6 Å². The fraction of sp³-hybridized carbons (Fsp3) is 0.400. The van der Waals surface area contributed by atoms with Crippen LogP contribution < -0.4 is 4.57 Å². The van der Waals surface area contributed by atoms with Crippen molar-refractivity contribution < 1.29 is 4.57 Å². The van der Waals surface area contributed by atoms with Gasteiger partial charge in [0.1, 0.15) is 12.4 Å². The summed E-state index contributed by atoms with van der Waals surface area (Å²) in [6.07, 6.45) is 11.2. The highest BCUT2D eigenvalue weighted by molar-refractivity contribution is 4.76. The van der Waals surface area contributed by atoms with Crippen molar-refractivity contribution in [1.82, 2.24) is 14.3 Å². The van der Waals surface area contributed by atoms with Gasteiger partial charge in [-0.1, -0.05) is 6.92 Å². The summed E-state index contributed by atoms with van der Waals surface area (Å²) in [5.74, 6) is 0. The number of nitrogens with zero attached hydrogens (tertiary/aromatic N) is 4. The second kappa shape index (κ2) is 4.09. The van der Waals surface area contributed by atoms with Gasteiger partial charge in [-0.3, -0.25) is 0 Å². The molecule has 0 saturated carbocycles. The first kappa shape index (κ1) is 8.99. The molecule has 2 heterocycles. The predicted molar refractivity (Wildman–Crippen MR) is 52.5 cm³/mol. The van der Waals surface area contributed by atoms with Crippen molar-refractivity contribution >= 4 is 0 Å². The Kier molecular flexibility index (Phi) is 2.62. The standard InChI is InChI=1S/C10H15N4/c1-2-5-12-7-8-13(9-12)10-14-6-3-4-11-14/h3-4,6-9H,2,5,10H2,1H3/q+1. The lowest BCUT2D eigenvalue weighted by Gasteiger charge is -1.95. The molecule has 2 aromatic heterocycles. The van der Waals surface area contributed by atoms with Crippen LogP contribution in [0.5, 0.6) is 0 Å². The first-order chi connectivity index (χ1) is 6.88. The van der Waals surface area contributed by atoms with E-state index in [1.54, 1.807) is 6.20 Å². The average Bonchev–Trinajstić information content (AvgIpc) is 2.79. The molecule has 0 aromatic carbocycles. The highest BCUT2D eigenvalue weighted by Crippen LogP contribution is 1.88. The molecule has 4 nitrogen and oxygen atoms in total. The van der Waals surface area contributed by atoms with Crippen molar-refractivity contribution in [2.75, 3.05) is 0 Å². The molecule has 14 heavy (non-hydrogen) atoms. The molecule has 0 amide bonds. The third-order valence-corrected chi connectivity index (χ3v) is 2.10. The molecule has 0 atom stereocenters. The van der Waals surface area contributed by atoms with Gasteiger partial charge in [0.05, 0.1) is 6.54 Å². The van der Waals surface area contributed by atoms with Gasteiger partial charge in [-0.05, 0) is 12.5 Å². The predicted octanol–water partition coefficient (Wildman–Crippen LogP) is 0.888. The number of aryl methyl sites for hydroxylation is 1. The maximum atomic E-state index is 4.15. The molecule has 0 fully saturated rings. The molecule has 74 valence electrons. The zero-order valence-electron chi connectivity index (χ0n) is 8.37. The van der Waals surface area contributed by atoms with Gasteiger partial charge in [0.25, 0.3) is 0 Å². The minimum Gasteiger partial charge on any atom is -0.237 e. The van der Waals surface area contributed by atoms with Crippen molar-refractivity contribution in [3.8, 4) is 0 Å². The Bertz CT molecular complexity index is 374. The Balaban J connectivity index is 2.03. The minimum atomic E-state index is 0.781. The summed E-state index contributed by atoms with van der Waals surface area (Å²) in [6, 6.07) is 1.93. The van der Waals surface area contributed by atoms with Crippen LogP contribution in [0.15, 0.2) is 37.2 Å². The van der Waals surface area contributed by atoms with E-state index in [1.165, 1.54) is 0 Å². The van der Waals surface area contributed by atoms with Crippen LogP contribution in [-0.4, -0.2) is 14.3 Å². The summed E-state index contributed by atoms with van der Waals surface area (Å²) in [6.45, 7) is 4.04. The molecule has 2 rings (SSSR count). The normalized spacial score (nSPS) is 10.6. The molecule has 0 saturated heterocycles. The highest BCUT2D eigenvalue weighted by Gasteiger charge is 2.02. The van der Waals surface area contributed by atoms with E-state index >= 15 is 0 Å². The lowest BCUT2D eigenvalue weighted by Crippen LogP contribution is -2.35. The number of hydrogen-bond donors (Lipinski definition) is 0. The molecule has 0 bridgehead atoms. The van der Waals surface area contributed by atoms with Crippen LogP contribution in [0.3, 0.4) is 0 Å². The lowest BCUT2D eigenvalue weighted by molar-refractivity contribution is -0.702. The largest absolute Gasteiger partial charge is 0.245 e. The van der Waals surface area contributed by atoms with Gasteiger partial charge >= 0.3 is 0 Å². The molecule has 0 aliphatic rings. The van der Waals surface area contributed by atoms with E-state index in [2.05, 4.69) is 39.9 Å². The van der Waals surface area contributed by atoms with Crippen LogP contribution in [0.1, 0.15) is 13.3 Å². The Morgan fingerprint density at radius 2 is 2.29 bits per heavy atom. The highest BCUT2D eigenvalue weighted by atomic mass is 15.3. The Hall–Kier alpha value is -1.58. The number of aromatic nitrogens is 4. The maximum Gasteiger partial charge on any atom is 0.245 e. The molecule has 0 aliphatic heterocycles. The Morgan fingerprint density at radius 1 is 1.36 bits per heavy atom. The van der Waals surface area contributed by atoms with Crippen molar-refractivity contribution in [2.45, 2.75) is 26.6 Å². The summed E-state index contributed by atoms with van der Waals surface area (Å²) >= 11 is 0. The molecule has 0 unspecified atom stereocenters. The molecular formula is C10H15N4+. The summed E-state index contributed by atoms with van der Waals surface area (Å²) in [5, 5.41) is 4.15. The van der Waals surface area contributed by atoms with Crippen LogP contribution >= 0.6 is 0 Å². The zero-order valence-corrected chi connectivity index (χ0v) is 8.37. The van der Waals surface area contributed by atoms with Gasteiger partial charge in [0.2, 0.25) is 6.33 Å². The van der Waals surface area contributed by atoms with E-state index in [0.29, 0.717) is 0 Å². The van der Waals surface area contributed by atoms with E-state index in [4.69, 9.17) is 0 Å². The Labute approximate surface area is 83.4 Å². The SMILES string of the molecule is CCCn1cc[n+](Cn2cccn2)c1. The van der Waals surface area contributed by atoms with Crippen LogP contribution in [0.25, 0.3) is 0 Å². The van der Waals surface area contributed by atoms with Crippen molar-refractivity contribution in [2.24, 2.45) is 0 Å². The molecule has 4 heteroatoms. The van der Waals surface area contributed by atoms with Gasteiger partial charge in [0, 0.05) is 12.4 Å². The fourth-order valence-electron chi connectivity index (χ4n) is 1.46. The van der Waals surface area contributed by atoms with Gasteiger partial charge < -0.3 is 0 Å². The van der Waals surface area contributed by atoms with Crippen LogP contribution in [-0.2, 0) is 13.2 Å². The van der Waals surface area contributed by atoms with Crippen LogP contribution in [0.4, 0.5) is 0 Å². The monoisotopic (exact) mass is 191 g/mol. The maximum absolute atomic E-state index is 4.15. The molecule has 0 radical (unpaired) electrons. The van der Waals surface area contributed by atoms with Crippen LogP contribution in [0, 0.1) is 0 Å². The van der Waals surface area contributed by atoms with E-state index in [-0.39, 0.29) is 0 Å². The van der Waals surface area contributed by atoms with Crippen molar-refractivity contribution in [3.63, 3.8) is 0 Å². The first-order valence-corrected chi connectivity index (χ1v) is 4.90. The summed E-state index contributed by atoms with van der Waals surface area (Å²) in [4.78, 5) is 0. The van der Waals surface area contributed by atoms with Crippen molar-refractivity contribution in [3.05, 3.63) is 37.2 Å². The topological polar surface area (TPSA) is 26.6 Å². The second-order valence-corrected chi connectivity index (χ2v) is 3.35. The number of imidazole rings is 1. The summed E-state index contributed by atoms with van der Waals surface area (Å²) in [5.41, 5.74) is 0. The van der Waals surface area contributed by atoms with Gasteiger partial charge in [-0.15, -0.1) is 0 Å². The average molecular weight is 191 g/mol. The van der Waals surface area contributed by atoms with E-state index in [1.807, 2.05) is 16.9 Å². The van der Waals surface area contributed by atoms with Gasteiger partial charge in [-0.2, -0.15) is 5.10 Å². The molecular weight excluding hydrogens is 176 g/mol. The van der Waals surface area contributed by atoms with E-state index < -0.39 is 0 Å². The molecule has 0 spiro atoms. The van der Waals surface area contributed by atoms with Crippen molar-refractivity contribution in [1.29, 1.82) is 0 Å². The summed E-state index contributed by atoms with van der Waals surface area (Å²) in [7, 11) is 0. The smallest absolute Gasteiger partial charge is 0.237 e. The lowest BCUT2D eigenvalue weighted by atomic mass is 10.5. The number of rotatable bonds is 4. The quantitative estimate of drug-likeness (QED) is 0.659. The van der Waals surface area contributed by atoms with Crippen LogP contribution in [0.2, 0.25) is 0 Å². The zero-order chi connectivity index (χ0) is 9.80. The first-order valence-electron chi connectivity index (χ1n) is 4.90. The number of hydrogen-bond acceptors (Lipinski definition) is 1. The third kappa shape index (κ3) is 2.02. The van der Waals surface area contributed by atoms with E-state index in [9.17, 15) is 0 Å². The minimum absolute atomic E-state index is 0.781. The fourth-order valence-corrected chi connectivity index (χ4v) is 1.46. The second-order valence-electron chi connectivity index (χ2n) is 3.35. The van der Waals surface area contributed by atoms with Gasteiger partial charge in [0.15, 0.2) is 6.67 Å². The van der Waals surface area contributed by atoms with Gasteiger partial charge in [-0.25, -0.2) is 13.8 Å². The molecule has 0 N–H and O–H groups in total. The third-order valence-electron chi connectivity index (χ3n) is 2.10.